The maximum Gasteiger partial charge on any atom is 0.191 e. The van der Waals surface area contributed by atoms with Crippen LogP contribution in [0.2, 0.25) is 0 Å². The Bertz CT molecular complexity index is 1060. The summed E-state index contributed by atoms with van der Waals surface area (Å²) < 4.78 is 33.3. The first-order valence-corrected chi connectivity index (χ1v) is 9.55. The number of guanidine groups is 1. The van der Waals surface area contributed by atoms with Crippen molar-refractivity contribution in [1.29, 1.82) is 0 Å². The molecule has 1 saturated heterocycles. The minimum Gasteiger partial charge on any atom is -0.459 e. The van der Waals surface area contributed by atoms with E-state index in [2.05, 4.69) is 20.6 Å². The van der Waals surface area contributed by atoms with Gasteiger partial charge < -0.3 is 20.0 Å². The second-order valence-electron chi connectivity index (χ2n) is 7.10. The highest BCUT2D eigenvalue weighted by molar-refractivity contribution is 14.0. The molecule has 4 rings (SSSR count). The van der Waals surface area contributed by atoms with Gasteiger partial charge in [0, 0.05) is 43.3 Å². The third-order valence-electron chi connectivity index (χ3n) is 5.20. The molecule has 3 aromatic rings. The zero-order chi connectivity index (χ0) is 20.4. The molecular formula is C21H24F2IN5O. The topological polar surface area (TPSA) is 65.7 Å². The number of aryl methyl sites for hydroxylation is 1. The van der Waals surface area contributed by atoms with Gasteiger partial charge in [0.1, 0.15) is 17.2 Å². The molecule has 1 aromatic carbocycles. The van der Waals surface area contributed by atoms with E-state index in [0.29, 0.717) is 30.4 Å². The van der Waals surface area contributed by atoms with Crippen LogP contribution in [0.4, 0.5) is 14.6 Å². The fourth-order valence-electron chi connectivity index (χ4n) is 3.64. The van der Waals surface area contributed by atoms with Crippen molar-refractivity contribution < 1.29 is 13.2 Å². The van der Waals surface area contributed by atoms with E-state index in [9.17, 15) is 8.78 Å². The molecule has 3 heterocycles. The lowest BCUT2D eigenvalue weighted by Gasteiger charge is -2.19. The van der Waals surface area contributed by atoms with Crippen LogP contribution >= 0.6 is 24.0 Å². The smallest absolute Gasteiger partial charge is 0.191 e. The number of fused-ring (bicyclic) bond motifs is 1. The molecule has 160 valence electrons. The van der Waals surface area contributed by atoms with Gasteiger partial charge in [0.15, 0.2) is 17.6 Å². The monoisotopic (exact) mass is 527 g/mol. The molecule has 1 aliphatic rings. The number of pyridine rings is 1. The minimum atomic E-state index is -0.313. The molecule has 1 atom stereocenters. The SMILES string of the molecule is CN=C(NCc1oc2ccc(F)cc2c1C)NC1CCN(c2ncccc2F)C1.I. The fourth-order valence-corrected chi connectivity index (χ4v) is 3.64. The van der Waals surface area contributed by atoms with E-state index >= 15 is 0 Å². The normalized spacial score (nSPS) is 16.6. The van der Waals surface area contributed by atoms with Gasteiger partial charge in [-0.2, -0.15) is 0 Å². The van der Waals surface area contributed by atoms with Gasteiger partial charge in [-0.1, -0.05) is 0 Å². The lowest BCUT2D eigenvalue weighted by atomic mass is 10.1. The summed E-state index contributed by atoms with van der Waals surface area (Å²) in [5, 5.41) is 7.37. The fraction of sp³-hybridized carbons (Fsp3) is 0.333. The highest BCUT2D eigenvalue weighted by Gasteiger charge is 2.26. The van der Waals surface area contributed by atoms with Crippen LogP contribution in [0, 0.1) is 18.6 Å². The molecule has 2 N–H and O–H groups in total. The Morgan fingerprint density at radius 1 is 1.33 bits per heavy atom. The molecule has 1 aliphatic heterocycles. The van der Waals surface area contributed by atoms with E-state index in [1.54, 1.807) is 25.4 Å². The molecule has 0 radical (unpaired) electrons. The molecule has 6 nitrogen and oxygen atoms in total. The Kier molecular flexibility index (Phi) is 7.11. The third-order valence-corrected chi connectivity index (χ3v) is 5.20. The summed E-state index contributed by atoms with van der Waals surface area (Å²) in [6, 6.07) is 7.63. The maximum atomic E-state index is 14.0. The van der Waals surface area contributed by atoms with E-state index in [1.807, 2.05) is 11.8 Å². The van der Waals surface area contributed by atoms with E-state index in [0.717, 1.165) is 29.7 Å². The van der Waals surface area contributed by atoms with Gasteiger partial charge in [0.25, 0.3) is 0 Å². The van der Waals surface area contributed by atoms with Gasteiger partial charge in [-0.3, -0.25) is 4.99 Å². The molecule has 1 unspecified atom stereocenters. The van der Waals surface area contributed by atoms with Crippen molar-refractivity contribution in [2.24, 2.45) is 4.99 Å². The summed E-state index contributed by atoms with van der Waals surface area (Å²) in [7, 11) is 1.70. The van der Waals surface area contributed by atoms with Gasteiger partial charge in [0.05, 0.1) is 6.54 Å². The Hall–Kier alpha value is -2.43. The van der Waals surface area contributed by atoms with Crippen LogP contribution in [0.25, 0.3) is 11.0 Å². The quantitative estimate of drug-likeness (QED) is 0.306. The van der Waals surface area contributed by atoms with Crippen molar-refractivity contribution in [3.8, 4) is 0 Å². The van der Waals surface area contributed by atoms with Crippen molar-refractivity contribution >= 4 is 46.7 Å². The lowest BCUT2D eigenvalue weighted by Crippen LogP contribution is -2.44. The molecule has 0 amide bonds. The Balaban J connectivity index is 0.00000256. The Labute approximate surface area is 190 Å². The highest BCUT2D eigenvalue weighted by atomic mass is 127. The number of aromatic nitrogens is 1. The first-order chi connectivity index (χ1) is 14.0. The number of hydrogen-bond acceptors (Lipinski definition) is 4. The first kappa shape index (κ1) is 22.3. The van der Waals surface area contributed by atoms with Crippen LogP contribution in [-0.4, -0.2) is 37.1 Å². The number of rotatable bonds is 4. The standard InChI is InChI=1S/C21H23F2N5O.HI/c1-13-16-10-14(22)5-6-18(16)29-19(13)11-26-21(24-2)27-15-7-9-28(12-15)20-17(23)4-3-8-25-20;/h3-6,8,10,15H,7,9,11-12H2,1-2H3,(H2,24,26,27);1H. The molecule has 0 spiro atoms. The van der Waals surface area contributed by atoms with Crippen LogP contribution in [0.3, 0.4) is 0 Å². The van der Waals surface area contributed by atoms with E-state index in [1.165, 1.54) is 18.2 Å². The molecule has 0 bridgehead atoms. The predicted octanol–water partition coefficient (Wildman–Crippen LogP) is 3.98. The van der Waals surface area contributed by atoms with Crippen molar-refractivity contribution in [3.05, 3.63) is 59.5 Å². The molecule has 1 fully saturated rings. The number of furan rings is 1. The van der Waals surface area contributed by atoms with Crippen LogP contribution in [0.15, 0.2) is 45.9 Å². The van der Waals surface area contributed by atoms with Crippen molar-refractivity contribution in [2.75, 3.05) is 25.0 Å². The second kappa shape index (κ2) is 9.59. The zero-order valence-electron chi connectivity index (χ0n) is 16.8. The van der Waals surface area contributed by atoms with Gasteiger partial charge in [-0.15, -0.1) is 24.0 Å². The number of anilines is 1. The van der Waals surface area contributed by atoms with E-state index < -0.39 is 0 Å². The molecular weight excluding hydrogens is 503 g/mol. The summed E-state index contributed by atoms with van der Waals surface area (Å²) >= 11 is 0. The van der Waals surface area contributed by atoms with Crippen molar-refractivity contribution in [1.82, 2.24) is 15.6 Å². The van der Waals surface area contributed by atoms with Crippen LogP contribution in [0.5, 0.6) is 0 Å². The summed E-state index contributed by atoms with van der Waals surface area (Å²) in [6.45, 7) is 3.69. The van der Waals surface area contributed by atoms with Crippen LogP contribution in [0.1, 0.15) is 17.7 Å². The summed E-state index contributed by atoms with van der Waals surface area (Å²) in [5.41, 5.74) is 1.56. The number of hydrogen-bond donors (Lipinski definition) is 2. The van der Waals surface area contributed by atoms with E-state index in [4.69, 9.17) is 4.42 Å². The summed E-state index contributed by atoms with van der Waals surface area (Å²) in [6.07, 6.45) is 2.45. The minimum absolute atomic E-state index is 0. The molecule has 0 saturated carbocycles. The number of halogens is 3. The van der Waals surface area contributed by atoms with Gasteiger partial charge in [0.2, 0.25) is 0 Å². The zero-order valence-corrected chi connectivity index (χ0v) is 19.1. The number of aliphatic imine (C=N–C) groups is 1. The number of nitrogens with zero attached hydrogens (tertiary/aromatic N) is 3. The number of nitrogens with one attached hydrogen (secondary N) is 2. The third kappa shape index (κ3) is 4.66. The van der Waals surface area contributed by atoms with Crippen LogP contribution in [-0.2, 0) is 6.54 Å². The molecule has 30 heavy (non-hydrogen) atoms. The maximum absolute atomic E-state index is 14.0. The summed E-state index contributed by atoms with van der Waals surface area (Å²) in [4.78, 5) is 10.3. The first-order valence-electron chi connectivity index (χ1n) is 9.55. The highest BCUT2D eigenvalue weighted by Crippen LogP contribution is 2.26. The average molecular weight is 527 g/mol. The van der Waals surface area contributed by atoms with Crippen LogP contribution < -0.4 is 15.5 Å². The lowest BCUT2D eigenvalue weighted by molar-refractivity contribution is 0.531. The molecule has 2 aromatic heterocycles. The largest absolute Gasteiger partial charge is 0.459 e. The number of benzene rings is 1. The van der Waals surface area contributed by atoms with Gasteiger partial charge in [-0.25, -0.2) is 13.8 Å². The Morgan fingerprint density at radius 2 is 2.17 bits per heavy atom. The molecule has 9 heteroatoms. The average Bonchev–Trinajstić information content (AvgIpc) is 3.30. The van der Waals surface area contributed by atoms with Crippen molar-refractivity contribution in [2.45, 2.75) is 25.9 Å². The summed E-state index contributed by atoms with van der Waals surface area (Å²) in [5.74, 6) is 1.15. The van der Waals surface area contributed by atoms with E-state index in [-0.39, 0.29) is 41.7 Å². The molecule has 0 aliphatic carbocycles. The van der Waals surface area contributed by atoms with Gasteiger partial charge >= 0.3 is 0 Å². The van der Waals surface area contributed by atoms with Crippen molar-refractivity contribution in [3.63, 3.8) is 0 Å². The predicted molar refractivity (Wildman–Crippen MR) is 124 cm³/mol. The second-order valence-corrected chi connectivity index (χ2v) is 7.10. The Morgan fingerprint density at radius 3 is 2.93 bits per heavy atom. The van der Waals surface area contributed by atoms with Gasteiger partial charge in [-0.05, 0) is 43.7 Å².